The molecule has 0 atom stereocenters. The van der Waals surface area contributed by atoms with Crippen molar-refractivity contribution in [3.63, 3.8) is 0 Å². The highest BCUT2D eigenvalue weighted by atomic mass is 32.2. The summed E-state index contributed by atoms with van der Waals surface area (Å²) in [5.74, 6) is 0.345. The van der Waals surface area contributed by atoms with Crippen LogP contribution in [0.4, 0.5) is 0 Å². The summed E-state index contributed by atoms with van der Waals surface area (Å²) in [6, 6.07) is 9.26. The summed E-state index contributed by atoms with van der Waals surface area (Å²) in [4.78, 5) is 16.8. The number of aryl methyl sites for hydroxylation is 2. The quantitative estimate of drug-likeness (QED) is 0.573. The van der Waals surface area contributed by atoms with Crippen LogP contribution >= 0.6 is 11.3 Å². The van der Waals surface area contributed by atoms with Crippen LogP contribution in [0.5, 0.6) is 0 Å². The lowest BCUT2D eigenvalue weighted by Gasteiger charge is -2.34. The van der Waals surface area contributed by atoms with Gasteiger partial charge in [-0.2, -0.15) is 9.10 Å². The first-order valence-corrected chi connectivity index (χ1v) is 12.5. The van der Waals surface area contributed by atoms with Crippen molar-refractivity contribution in [2.45, 2.75) is 30.7 Å². The third-order valence-electron chi connectivity index (χ3n) is 5.77. The maximum absolute atomic E-state index is 13.1. The molecule has 1 aliphatic carbocycles. The molecule has 0 radical (unpaired) electrons. The zero-order valence-electron chi connectivity index (χ0n) is 16.8. The van der Waals surface area contributed by atoms with Gasteiger partial charge in [-0.25, -0.2) is 8.42 Å². The molecule has 3 aromatic rings. The molecule has 1 fully saturated rings. The number of tetrazole rings is 1. The number of amides is 1. The normalized spacial score (nSPS) is 17.1. The minimum atomic E-state index is -3.56. The zero-order valence-corrected chi connectivity index (χ0v) is 18.5. The summed E-state index contributed by atoms with van der Waals surface area (Å²) in [7, 11) is -3.56. The maximum Gasteiger partial charge on any atom is 0.246 e. The number of rotatable bonds is 5. The number of sulfonamides is 1. The molecule has 2 aliphatic rings. The molecule has 1 aliphatic heterocycles. The van der Waals surface area contributed by atoms with Crippen LogP contribution in [-0.4, -0.2) is 69.9 Å². The summed E-state index contributed by atoms with van der Waals surface area (Å²) in [5, 5.41) is 14.1. The molecular formula is C20H22N6O3S2. The van der Waals surface area contributed by atoms with Gasteiger partial charge < -0.3 is 4.90 Å². The van der Waals surface area contributed by atoms with Crippen molar-refractivity contribution in [2.24, 2.45) is 0 Å². The minimum absolute atomic E-state index is 0.0179. The fourth-order valence-electron chi connectivity index (χ4n) is 4.07. The lowest BCUT2D eigenvalue weighted by molar-refractivity contribution is -0.133. The fraction of sp³-hybridized carbons (Fsp3) is 0.400. The average Bonchev–Trinajstić information content (AvgIpc) is 3.54. The van der Waals surface area contributed by atoms with E-state index in [4.69, 9.17) is 0 Å². The molecule has 0 N–H and O–H groups in total. The van der Waals surface area contributed by atoms with Gasteiger partial charge in [0, 0.05) is 26.2 Å². The largest absolute Gasteiger partial charge is 0.338 e. The fourth-order valence-corrected chi connectivity index (χ4v) is 6.19. The van der Waals surface area contributed by atoms with Gasteiger partial charge in [0.15, 0.2) is 0 Å². The number of piperazine rings is 1. The molecule has 1 saturated heterocycles. The van der Waals surface area contributed by atoms with Crippen LogP contribution in [-0.2, 0) is 34.2 Å². The Morgan fingerprint density at radius 2 is 1.87 bits per heavy atom. The number of carbonyl (C=O) groups excluding carboxylic acids is 1. The second-order valence-corrected chi connectivity index (χ2v) is 10.6. The molecule has 31 heavy (non-hydrogen) atoms. The van der Waals surface area contributed by atoms with Crippen LogP contribution in [0.1, 0.15) is 17.5 Å². The second-order valence-electron chi connectivity index (χ2n) is 7.69. The molecule has 9 nitrogen and oxygen atoms in total. The topological polar surface area (TPSA) is 101 Å². The Labute approximate surface area is 184 Å². The Morgan fingerprint density at radius 3 is 2.65 bits per heavy atom. The van der Waals surface area contributed by atoms with Gasteiger partial charge in [-0.1, -0.05) is 12.1 Å². The van der Waals surface area contributed by atoms with Crippen molar-refractivity contribution < 1.29 is 13.2 Å². The van der Waals surface area contributed by atoms with E-state index < -0.39 is 10.0 Å². The molecule has 3 heterocycles. The lowest BCUT2D eigenvalue weighted by atomic mass is 10.1. The lowest BCUT2D eigenvalue weighted by Crippen LogP contribution is -2.51. The number of hydrogen-bond acceptors (Lipinski definition) is 7. The number of hydrogen-bond donors (Lipinski definition) is 0. The van der Waals surface area contributed by atoms with Crippen molar-refractivity contribution in [2.75, 3.05) is 26.2 Å². The van der Waals surface area contributed by atoms with Crippen molar-refractivity contribution >= 4 is 27.3 Å². The van der Waals surface area contributed by atoms with E-state index >= 15 is 0 Å². The van der Waals surface area contributed by atoms with Crippen molar-refractivity contribution in [1.82, 2.24) is 29.4 Å². The molecule has 0 spiro atoms. The van der Waals surface area contributed by atoms with E-state index in [1.165, 1.54) is 26.0 Å². The zero-order chi connectivity index (χ0) is 21.4. The van der Waals surface area contributed by atoms with Gasteiger partial charge in [-0.05, 0) is 59.2 Å². The van der Waals surface area contributed by atoms with Gasteiger partial charge in [0.05, 0.1) is 9.77 Å². The molecule has 0 saturated carbocycles. The van der Waals surface area contributed by atoms with Gasteiger partial charge in [0.2, 0.25) is 21.8 Å². The van der Waals surface area contributed by atoms with E-state index in [1.807, 2.05) is 29.6 Å². The number of fused-ring (bicyclic) bond motifs is 1. The molecule has 162 valence electrons. The Balaban J connectivity index is 1.20. The van der Waals surface area contributed by atoms with E-state index in [-0.39, 0.29) is 25.5 Å². The molecule has 0 unspecified atom stereocenters. The van der Waals surface area contributed by atoms with E-state index in [0.717, 1.165) is 29.7 Å². The van der Waals surface area contributed by atoms with E-state index in [1.54, 1.807) is 11.0 Å². The summed E-state index contributed by atoms with van der Waals surface area (Å²) < 4.78 is 27.6. The number of nitrogens with zero attached hydrogens (tertiary/aromatic N) is 6. The summed E-state index contributed by atoms with van der Waals surface area (Å²) in [6.45, 7) is 1.22. The highest BCUT2D eigenvalue weighted by Gasteiger charge is 2.31. The number of carbonyl (C=O) groups is 1. The third-order valence-corrected chi connectivity index (χ3v) is 8.53. The van der Waals surface area contributed by atoms with Gasteiger partial charge in [0.1, 0.15) is 6.54 Å². The predicted molar refractivity (Wildman–Crippen MR) is 115 cm³/mol. The highest BCUT2D eigenvalue weighted by molar-refractivity contribution is 7.89. The third kappa shape index (κ3) is 4.00. The first-order chi connectivity index (χ1) is 15.0. The van der Waals surface area contributed by atoms with E-state index in [2.05, 4.69) is 15.4 Å². The smallest absolute Gasteiger partial charge is 0.246 e. The van der Waals surface area contributed by atoms with Crippen LogP contribution in [0.25, 0.3) is 10.7 Å². The molecule has 2 aromatic heterocycles. The van der Waals surface area contributed by atoms with Crippen LogP contribution in [0, 0.1) is 0 Å². The summed E-state index contributed by atoms with van der Waals surface area (Å²) in [6.07, 6.45) is 3.03. The van der Waals surface area contributed by atoms with Gasteiger partial charge >= 0.3 is 0 Å². The maximum atomic E-state index is 13.1. The molecule has 0 bridgehead atoms. The minimum Gasteiger partial charge on any atom is -0.338 e. The first-order valence-electron chi connectivity index (χ1n) is 10.2. The standard InChI is InChI=1S/C20H22N6O3S2/c27-19(14-26-22-20(21-23-26)18-5-2-12-30-18)24-8-10-25(11-9-24)31(28,29)17-7-6-15-3-1-4-16(15)13-17/h2,5-7,12-13H,1,3-4,8-11,14H2. The van der Waals surface area contributed by atoms with E-state index in [0.29, 0.717) is 23.8 Å². The monoisotopic (exact) mass is 458 g/mol. The Hall–Kier alpha value is -2.63. The molecule has 11 heteroatoms. The molecular weight excluding hydrogens is 436 g/mol. The van der Waals surface area contributed by atoms with E-state index in [9.17, 15) is 13.2 Å². The van der Waals surface area contributed by atoms with Gasteiger partial charge in [-0.15, -0.1) is 21.5 Å². The molecule has 5 rings (SSSR count). The van der Waals surface area contributed by atoms with Crippen LogP contribution in [0.15, 0.2) is 40.6 Å². The molecule has 1 amide bonds. The molecule has 1 aromatic carbocycles. The summed E-state index contributed by atoms with van der Waals surface area (Å²) in [5.41, 5.74) is 2.38. The SMILES string of the molecule is O=C(Cn1nnc(-c2cccs2)n1)N1CCN(S(=O)(=O)c2ccc3c(c2)CCC3)CC1. The predicted octanol–water partition coefficient (Wildman–Crippen LogP) is 1.42. The van der Waals surface area contributed by atoms with Crippen molar-refractivity contribution in [1.29, 1.82) is 0 Å². The Bertz CT molecular complexity index is 1200. The number of thiophene rings is 1. The van der Waals surface area contributed by atoms with Gasteiger partial charge in [0.25, 0.3) is 0 Å². The van der Waals surface area contributed by atoms with Crippen LogP contribution < -0.4 is 0 Å². The van der Waals surface area contributed by atoms with Gasteiger partial charge in [-0.3, -0.25) is 4.79 Å². The highest BCUT2D eigenvalue weighted by Crippen LogP contribution is 2.27. The Morgan fingerprint density at radius 1 is 1.06 bits per heavy atom. The average molecular weight is 459 g/mol. The number of benzene rings is 1. The van der Waals surface area contributed by atoms with Crippen LogP contribution in [0.3, 0.4) is 0 Å². The first kappa shape index (κ1) is 20.3. The van der Waals surface area contributed by atoms with Crippen LogP contribution in [0.2, 0.25) is 0 Å². The Kier molecular flexibility index (Phi) is 5.32. The number of aromatic nitrogens is 4. The second kappa shape index (κ2) is 8.13. The summed E-state index contributed by atoms with van der Waals surface area (Å²) >= 11 is 1.51. The van der Waals surface area contributed by atoms with Crippen molar-refractivity contribution in [3.05, 3.63) is 46.8 Å². The van der Waals surface area contributed by atoms with Crippen molar-refractivity contribution in [3.8, 4) is 10.7 Å².